The lowest BCUT2D eigenvalue weighted by molar-refractivity contribution is -0.135. The summed E-state index contributed by atoms with van der Waals surface area (Å²) >= 11 is 0. The number of fused-ring (bicyclic) bond motifs is 1. The molecule has 1 aliphatic rings. The number of carbonyl (C=O) groups excluding carboxylic acids is 1. The van der Waals surface area contributed by atoms with E-state index in [1.54, 1.807) is 4.90 Å². The van der Waals surface area contributed by atoms with E-state index >= 15 is 0 Å². The molecule has 0 bridgehead atoms. The first kappa shape index (κ1) is 11.0. The number of nitrogens with zero attached hydrogens (tertiary/aromatic N) is 1. The van der Waals surface area contributed by atoms with Gasteiger partial charge in [0, 0.05) is 13.6 Å². The number of para-hydroxylation sites is 1. The van der Waals surface area contributed by atoms with Crippen LogP contribution in [0.15, 0.2) is 24.3 Å². The fourth-order valence-electron chi connectivity index (χ4n) is 1.95. The standard InChI is InChI=1S/C13H17NO2/c1-3-14(2)13(15)11-8-10-6-4-5-7-12(10)16-9-11/h4-7,11H,3,8-9H2,1-2H3. The molecule has 0 N–H and O–H groups in total. The predicted molar refractivity (Wildman–Crippen MR) is 62.4 cm³/mol. The summed E-state index contributed by atoms with van der Waals surface area (Å²) in [6, 6.07) is 7.93. The van der Waals surface area contributed by atoms with Gasteiger partial charge < -0.3 is 9.64 Å². The third kappa shape index (κ3) is 2.03. The summed E-state index contributed by atoms with van der Waals surface area (Å²) in [5.41, 5.74) is 1.14. The van der Waals surface area contributed by atoms with Gasteiger partial charge in [0.25, 0.3) is 0 Å². The van der Waals surface area contributed by atoms with Crippen LogP contribution in [-0.2, 0) is 11.2 Å². The van der Waals surface area contributed by atoms with Crippen LogP contribution in [0.3, 0.4) is 0 Å². The molecule has 0 spiro atoms. The summed E-state index contributed by atoms with van der Waals surface area (Å²) in [5, 5.41) is 0. The summed E-state index contributed by atoms with van der Waals surface area (Å²) in [5.74, 6) is 1.07. The number of hydrogen-bond acceptors (Lipinski definition) is 2. The van der Waals surface area contributed by atoms with Crippen LogP contribution in [-0.4, -0.2) is 31.0 Å². The average molecular weight is 219 g/mol. The highest BCUT2D eigenvalue weighted by Crippen LogP contribution is 2.27. The van der Waals surface area contributed by atoms with Crippen LogP contribution in [0.25, 0.3) is 0 Å². The minimum absolute atomic E-state index is 0.0279. The molecule has 1 amide bonds. The van der Waals surface area contributed by atoms with Gasteiger partial charge in [-0.3, -0.25) is 4.79 Å². The molecular weight excluding hydrogens is 202 g/mol. The lowest BCUT2D eigenvalue weighted by Crippen LogP contribution is -2.38. The van der Waals surface area contributed by atoms with E-state index in [2.05, 4.69) is 0 Å². The van der Waals surface area contributed by atoms with E-state index < -0.39 is 0 Å². The van der Waals surface area contributed by atoms with Gasteiger partial charge >= 0.3 is 0 Å². The Balaban J connectivity index is 2.11. The molecule has 1 atom stereocenters. The number of carbonyl (C=O) groups is 1. The third-order valence-corrected chi connectivity index (χ3v) is 3.08. The number of rotatable bonds is 2. The van der Waals surface area contributed by atoms with Crippen molar-refractivity contribution in [2.24, 2.45) is 5.92 Å². The maximum Gasteiger partial charge on any atom is 0.229 e. The molecular formula is C13H17NO2. The Morgan fingerprint density at radius 1 is 1.50 bits per heavy atom. The number of benzene rings is 1. The van der Waals surface area contributed by atoms with Crippen LogP contribution in [0.5, 0.6) is 5.75 Å². The minimum atomic E-state index is -0.0279. The van der Waals surface area contributed by atoms with Crippen LogP contribution in [0.1, 0.15) is 12.5 Å². The molecule has 0 radical (unpaired) electrons. The van der Waals surface area contributed by atoms with E-state index in [1.165, 1.54) is 0 Å². The van der Waals surface area contributed by atoms with Gasteiger partial charge in [0.05, 0.1) is 5.92 Å². The molecule has 1 aliphatic heterocycles. The van der Waals surface area contributed by atoms with Crippen molar-refractivity contribution in [2.75, 3.05) is 20.2 Å². The zero-order valence-corrected chi connectivity index (χ0v) is 9.77. The fraction of sp³-hybridized carbons (Fsp3) is 0.462. The number of hydrogen-bond donors (Lipinski definition) is 0. The van der Waals surface area contributed by atoms with Crippen molar-refractivity contribution in [3.8, 4) is 5.75 Å². The Kier molecular flexibility index (Phi) is 3.13. The molecule has 86 valence electrons. The third-order valence-electron chi connectivity index (χ3n) is 3.08. The summed E-state index contributed by atoms with van der Waals surface area (Å²) in [6.45, 7) is 3.23. The van der Waals surface area contributed by atoms with Crippen molar-refractivity contribution in [2.45, 2.75) is 13.3 Å². The van der Waals surface area contributed by atoms with Crippen LogP contribution in [0.2, 0.25) is 0 Å². The Morgan fingerprint density at radius 2 is 2.25 bits per heavy atom. The van der Waals surface area contributed by atoms with Gasteiger partial charge in [-0.05, 0) is 25.0 Å². The Hall–Kier alpha value is -1.51. The van der Waals surface area contributed by atoms with Crippen molar-refractivity contribution >= 4 is 5.91 Å². The van der Waals surface area contributed by atoms with Crippen molar-refractivity contribution in [1.82, 2.24) is 4.90 Å². The van der Waals surface area contributed by atoms with Gasteiger partial charge in [-0.1, -0.05) is 18.2 Å². The summed E-state index contributed by atoms with van der Waals surface area (Å²) < 4.78 is 5.60. The first-order valence-corrected chi connectivity index (χ1v) is 5.68. The van der Waals surface area contributed by atoms with E-state index in [1.807, 2.05) is 38.2 Å². The lowest BCUT2D eigenvalue weighted by atomic mass is 9.95. The Labute approximate surface area is 96.0 Å². The number of amides is 1. The highest BCUT2D eigenvalue weighted by Gasteiger charge is 2.27. The topological polar surface area (TPSA) is 29.5 Å². The Bertz CT molecular complexity index is 389. The second kappa shape index (κ2) is 4.56. The highest BCUT2D eigenvalue weighted by molar-refractivity contribution is 5.79. The predicted octanol–water partition coefficient (Wildman–Crippen LogP) is 1.72. The largest absolute Gasteiger partial charge is 0.492 e. The van der Waals surface area contributed by atoms with Gasteiger partial charge in [-0.15, -0.1) is 0 Å². The fourth-order valence-corrected chi connectivity index (χ4v) is 1.95. The second-order valence-electron chi connectivity index (χ2n) is 4.17. The Morgan fingerprint density at radius 3 is 3.00 bits per heavy atom. The molecule has 3 nitrogen and oxygen atoms in total. The highest BCUT2D eigenvalue weighted by atomic mass is 16.5. The first-order valence-electron chi connectivity index (χ1n) is 5.68. The summed E-state index contributed by atoms with van der Waals surface area (Å²) in [4.78, 5) is 13.7. The van der Waals surface area contributed by atoms with E-state index in [0.717, 1.165) is 24.3 Å². The molecule has 1 aromatic rings. The van der Waals surface area contributed by atoms with Crippen molar-refractivity contribution in [3.63, 3.8) is 0 Å². The smallest absolute Gasteiger partial charge is 0.229 e. The van der Waals surface area contributed by atoms with Crippen molar-refractivity contribution in [1.29, 1.82) is 0 Å². The monoisotopic (exact) mass is 219 g/mol. The normalized spacial score (nSPS) is 18.5. The van der Waals surface area contributed by atoms with E-state index in [-0.39, 0.29) is 11.8 Å². The molecule has 16 heavy (non-hydrogen) atoms. The van der Waals surface area contributed by atoms with Crippen LogP contribution < -0.4 is 4.74 Å². The molecule has 0 aromatic heterocycles. The van der Waals surface area contributed by atoms with Crippen LogP contribution in [0.4, 0.5) is 0 Å². The van der Waals surface area contributed by atoms with E-state index in [9.17, 15) is 4.79 Å². The lowest BCUT2D eigenvalue weighted by Gasteiger charge is -2.27. The maximum absolute atomic E-state index is 12.0. The summed E-state index contributed by atoms with van der Waals surface area (Å²) in [7, 11) is 1.84. The molecule has 0 fully saturated rings. The van der Waals surface area contributed by atoms with Gasteiger partial charge in [-0.2, -0.15) is 0 Å². The van der Waals surface area contributed by atoms with Crippen molar-refractivity contribution in [3.05, 3.63) is 29.8 Å². The van der Waals surface area contributed by atoms with Crippen molar-refractivity contribution < 1.29 is 9.53 Å². The first-order chi connectivity index (χ1) is 7.72. The zero-order valence-electron chi connectivity index (χ0n) is 9.77. The zero-order chi connectivity index (χ0) is 11.5. The van der Waals surface area contributed by atoms with Crippen LogP contribution in [0, 0.1) is 5.92 Å². The molecule has 1 aromatic carbocycles. The molecule has 0 aliphatic carbocycles. The molecule has 0 saturated carbocycles. The van der Waals surface area contributed by atoms with Gasteiger partial charge in [0.1, 0.15) is 12.4 Å². The summed E-state index contributed by atoms with van der Waals surface area (Å²) in [6.07, 6.45) is 0.791. The SMILES string of the molecule is CCN(C)C(=O)C1COc2ccccc2C1. The molecule has 2 rings (SSSR count). The molecule has 0 saturated heterocycles. The quantitative estimate of drug-likeness (QED) is 0.758. The van der Waals surface area contributed by atoms with E-state index in [0.29, 0.717) is 6.61 Å². The maximum atomic E-state index is 12.0. The van der Waals surface area contributed by atoms with Gasteiger partial charge in [0.2, 0.25) is 5.91 Å². The second-order valence-corrected chi connectivity index (χ2v) is 4.17. The van der Waals surface area contributed by atoms with Crippen LogP contribution >= 0.6 is 0 Å². The number of ether oxygens (including phenoxy) is 1. The minimum Gasteiger partial charge on any atom is -0.492 e. The average Bonchev–Trinajstić information content (AvgIpc) is 2.36. The van der Waals surface area contributed by atoms with E-state index in [4.69, 9.17) is 4.74 Å². The molecule has 3 heteroatoms. The van der Waals surface area contributed by atoms with Gasteiger partial charge in [0.15, 0.2) is 0 Å². The molecule has 1 heterocycles. The molecule has 1 unspecified atom stereocenters. The van der Waals surface area contributed by atoms with Gasteiger partial charge in [-0.25, -0.2) is 0 Å².